The smallest absolute Gasteiger partial charge is 0.269 e. The minimum absolute atomic E-state index is 0.0435. The monoisotopic (exact) mass is 426 g/mol. The predicted octanol–water partition coefficient (Wildman–Crippen LogP) is 3.69. The lowest BCUT2D eigenvalue weighted by molar-refractivity contribution is -0.384. The number of hydrogen-bond donors (Lipinski definition) is 1. The number of non-ortho nitro benzene ring substituents is 1. The lowest BCUT2D eigenvalue weighted by Crippen LogP contribution is -2.37. The lowest BCUT2D eigenvalue weighted by atomic mass is 10.2. The first-order valence-corrected chi connectivity index (χ1v) is 10.4. The highest BCUT2D eigenvalue weighted by Gasteiger charge is 2.21. The zero-order valence-corrected chi connectivity index (χ0v) is 17.7. The standard InChI is InChI=1S/C21H22N4O4S/c1-4-13(2)22-19(26)14(3)30-21-23-18-8-6-5-7-17(18)20(27)24(21)15-9-11-16(12-10-15)25(28)29/h5-14H,4H2,1-3H3,(H,22,26). The van der Waals surface area contributed by atoms with Crippen LogP contribution in [-0.2, 0) is 4.79 Å². The maximum absolute atomic E-state index is 13.2. The largest absolute Gasteiger partial charge is 0.353 e. The lowest BCUT2D eigenvalue weighted by Gasteiger charge is -2.18. The van der Waals surface area contributed by atoms with Crippen molar-refractivity contribution in [2.45, 2.75) is 43.6 Å². The number of aromatic nitrogens is 2. The fourth-order valence-electron chi connectivity index (χ4n) is 2.82. The Morgan fingerprint density at radius 3 is 2.50 bits per heavy atom. The molecule has 0 fully saturated rings. The number of benzene rings is 2. The number of nitrogens with one attached hydrogen (secondary N) is 1. The maximum atomic E-state index is 13.2. The molecule has 0 saturated carbocycles. The van der Waals surface area contributed by atoms with Gasteiger partial charge in [-0.15, -0.1) is 0 Å². The summed E-state index contributed by atoms with van der Waals surface area (Å²) in [7, 11) is 0. The van der Waals surface area contributed by atoms with Crippen LogP contribution in [0.15, 0.2) is 58.5 Å². The predicted molar refractivity (Wildman–Crippen MR) is 117 cm³/mol. The Labute approximate surface area is 177 Å². The van der Waals surface area contributed by atoms with Gasteiger partial charge in [0.1, 0.15) is 0 Å². The second kappa shape index (κ2) is 9.08. The third kappa shape index (κ3) is 4.51. The molecule has 3 aromatic rings. The molecule has 8 nitrogen and oxygen atoms in total. The van der Waals surface area contributed by atoms with Gasteiger partial charge in [0.25, 0.3) is 11.2 Å². The third-order valence-corrected chi connectivity index (χ3v) is 5.77. The number of nitrogens with zero attached hydrogens (tertiary/aromatic N) is 3. The van der Waals surface area contributed by atoms with Gasteiger partial charge in [0, 0.05) is 18.2 Å². The minimum Gasteiger partial charge on any atom is -0.353 e. The molecule has 2 unspecified atom stereocenters. The van der Waals surface area contributed by atoms with Crippen molar-refractivity contribution in [2.24, 2.45) is 0 Å². The van der Waals surface area contributed by atoms with E-state index in [1.807, 2.05) is 13.8 Å². The molecule has 1 aromatic heterocycles. The van der Waals surface area contributed by atoms with E-state index < -0.39 is 10.2 Å². The fourth-order valence-corrected chi connectivity index (χ4v) is 3.75. The third-order valence-electron chi connectivity index (χ3n) is 4.72. The van der Waals surface area contributed by atoms with Crippen LogP contribution < -0.4 is 10.9 Å². The second-order valence-corrected chi connectivity index (χ2v) is 8.21. The number of amides is 1. The molecule has 0 aliphatic carbocycles. The molecule has 0 aliphatic heterocycles. The molecular weight excluding hydrogens is 404 g/mol. The summed E-state index contributed by atoms with van der Waals surface area (Å²) in [5.74, 6) is -0.146. The quantitative estimate of drug-likeness (QED) is 0.267. The molecule has 1 heterocycles. The van der Waals surface area contributed by atoms with Gasteiger partial charge in [-0.3, -0.25) is 24.3 Å². The summed E-state index contributed by atoms with van der Waals surface area (Å²) in [6, 6.07) is 12.7. The summed E-state index contributed by atoms with van der Waals surface area (Å²) in [6.45, 7) is 5.67. The van der Waals surface area contributed by atoms with E-state index in [1.165, 1.54) is 40.6 Å². The molecule has 156 valence electrons. The summed E-state index contributed by atoms with van der Waals surface area (Å²) in [5.41, 5.74) is 0.598. The SMILES string of the molecule is CCC(C)NC(=O)C(C)Sc1nc2ccccc2c(=O)n1-c1ccc([N+](=O)[O-])cc1. The number of para-hydroxylation sites is 1. The van der Waals surface area contributed by atoms with Gasteiger partial charge in [-0.05, 0) is 44.5 Å². The topological polar surface area (TPSA) is 107 Å². The zero-order chi connectivity index (χ0) is 21.8. The average molecular weight is 426 g/mol. The molecule has 3 rings (SSSR count). The van der Waals surface area contributed by atoms with Crippen LogP contribution in [0.5, 0.6) is 0 Å². The van der Waals surface area contributed by atoms with Crippen LogP contribution in [0.4, 0.5) is 5.69 Å². The van der Waals surface area contributed by atoms with Crippen LogP contribution >= 0.6 is 11.8 Å². The minimum atomic E-state index is -0.498. The van der Waals surface area contributed by atoms with Gasteiger partial charge in [0.05, 0.1) is 26.8 Å². The van der Waals surface area contributed by atoms with Gasteiger partial charge < -0.3 is 5.32 Å². The second-order valence-electron chi connectivity index (χ2n) is 6.90. The number of thioether (sulfide) groups is 1. The van der Waals surface area contributed by atoms with Crippen molar-refractivity contribution >= 4 is 34.3 Å². The molecular formula is C21H22N4O4S. The summed E-state index contributed by atoms with van der Waals surface area (Å²) in [4.78, 5) is 40.8. The molecule has 2 aromatic carbocycles. The van der Waals surface area contributed by atoms with Crippen LogP contribution in [0.1, 0.15) is 27.2 Å². The first kappa shape index (κ1) is 21.5. The number of nitro groups is 1. The Bertz CT molecular complexity index is 1140. The van der Waals surface area contributed by atoms with Crippen LogP contribution in [0.2, 0.25) is 0 Å². The van der Waals surface area contributed by atoms with Crippen LogP contribution in [0.3, 0.4) is 0 Å². The molecule has 0 radical (unpaired) electrons. The van der Waals surface area contributed by atoms with Crippen LogP contribution in [0.25, 0.3) is 16.6 Å². The fraction of sp³-hybridized carbons (Fsp3) is 0.286. The van der Waals surface area contributed by atoms with E-state index in [9.17, 15) is 19.7 Å². The van der Waals surface area contributed by atoms with Crippen molar-refractivity contribution in [2.75, 3.05) is 0 Å². The number of carbonyl (C=O) groups excluding carboxylic acids is 1. The first-order chi connectivity index (χ1) is 14.3. The van der Waals surface area contributed by atoms with Gasteiger partial charge >= 0.3 is 0 Å². The molecule has 0 aliphatic rings. The van der Waals surface area contributed by atoms with Crippen molar-refractivity contribution in [3.05, 3.63) is 69.0 Å². The van der Waals surface area contributed by atoms with Gasteiger partial charge in [0.2, 0.25) is 5.91 Å². The summed E-state index contributed by atoms with van der Waals surface area (Å²) < 4.78 is 1.39. The summed E-state index contributed by atoms with van der Waals surface area (Å²) >= 11 is 1.17. The van der Waals surface area contributed by atoms with E-state index in [0.717, 1.165) is 6.42 Å². The first-order valence-electron chi connectivity index (χ1n) is 9.55. The highest BCUT2D eigenvalue weighted by atomic mass is 32.2. The summed E-state index contributed by atoms with van der Waals surface area (Å²) in [5, 5.41) is 14.2. The molecule has 0 saturated heterocycles. The van der Waals surface area contributed by atoms with E-state index in [4.69, 9.17) is 0 Å². The molecule has 1 N–H and O–H groups in total. The van der Waals surface area contributed by atoms with Crippen molar-refractivity contribution in [3.8, 4) is 5.69 Å². The van der Waals surface area contributed by atoms with Crippen molar-refractivity contribution < 1.29 is 9.72 Å². The Kier molecular flexibility index (Phi) is 6.51. The van der Waals surface area contributed by atoms with E-state index >= 15 is 0 Å². The highest BCUT2D eigenvalue weighted by Crippen LogP contribution is 2.26. The van der Waals surface area contributed by atoms with Gasteiger partial charge in [-0.25, -0.2) is 4.98 Å². The molecule has 9 heteroatoms. The Balaban J connectivity index is 2.08. The van der Waals surface area contributed by atoms with Crippen LogP contribution in [-0.4, -0.2) is 31.7 Å². The summed E-state index contributed by atoms with van der Waals surface area (Å²) in [6.07, 6.45) is 0.810. The Morgan fingerprint density at radius 1 is 1.20 bits per heavy atom. The van der Waals surface area contributed by atoms with Crippen molar-refractivity contribution in [1.29, 1.82) is 0 Å². The number of fused-ring (bicyclic) bond motifs is 1. The van der Waals surface area contributed by atoms with E-state index in [2.05, 4.69) is 10.3 Å². The molecule has 0 bridgehead atoms. The number of nitro benzene ring substituents is 1. The Hall–Kier alpha value is -3.20. The van der Waals surface area contributed by atoms with E-state index in [-0.39, 0.29) is 23.2 Å². The zero-order valence-electron chi connectivity index (χ0n) is 16.9. The van der Waals surface area contributed by atoms with Crippen LogP contribution in [0, 0.1) is 10.1 Å². The van der Waals surface area contributed by atoms with E-state index in [1.54, 1.807) is 31.2 Å². The molecule has 0 spiro atoms. The average Bonchev–Trinajstić information content (AvgIpc) is 2.74. The highest BCUT2D eigenvalue weighted by molar-refractivity contribution is 8.00. The molecule has 1 amide bonds. The van der Waals surface area contributed by atoms with E-state index in [0.29, 0.717) is 21.7 Å². The number of carbonyl (C=O) groups is 1. The molecule has 30 heavy (non-hydrogen) atoms. The normalized spacial score (nSPS) is 13.0. The van der Waals surface area contributed by atoms with Crippen molar-refractivity contribution in [1.82, 2.24) is 14.9 Å². The Morgan fingerprint density at radius 2 is 1.87 bits per heavy atom. The van der Waals surface area contributed by atoms with Gasteiger partial charge in [-0.2, -0.15) is 0 Å². The van der Waals surface area contributed by atoms with Gasteiger partial charge in [-0.1, -0.05) is 30.8 Å². The maximum Gasteiger partial charge on any atom is 0.269 e. The van der Waals surface area contributed by atoms with Crippen molar-refractivity contribution in [3.63, 3.8) is 0 Å². The molecule has 2 atom stereocenters. The number of hydrogen-bond acceptors (Lipinski definition) is 6. The van der Waals surface area contributed by atoms with Gasteiger partial charge in [0.15, 0.2) is 5.16 Å². The number of rotatable bonds is 7.